The molecule has 106 valence electrons. The van der Waals surface area contributed by atoms with Crippen LogP contribution in [0.3, 0.4) is 0 Å². The zero-order valence-corrected chi connectivity index (χ0v) is 11.9. The molecule has 2 aromatic rings. The van der Waals surface area contributed by atoms with E-state index < -0.39 is 0 Å². The number of hydrogen-bond acceptors (Lipinski definition) is 5. The van der Waals surface area contributed by atoms with Gasteiger partial charge in [-0.05, 0) is 24.5 Å². The van der Waals surface area contributed by atoms with Gasteiger partial charge < -0.3 is 15.8 Å². The van der Waals surface area contributed by atoms with Crippen LogP contribution in [0.5, 0.6) is 5.88 Å². The van der Waals surface area contributed by atoms with E-state index in [1.54, 1.807) is 0 Å². The number of nitrogens with two attached hydrogens (primary N) is 1. The molecule has 0 aliphatic rings. The number of aromatic nitrogens is 2. The summed E-state index contributed by atoms with van der Waals surface area (Å²) in [5.41, 5.74) is 9.00. The Bertz CT molecular complexity index is 572. The van der Waals surface area contributed by atoms with Gasteiger partial charge in [-0.25, -0.2) is 4.98 Å². The highest BCUT2D eigenvalue weighted by molar-refractivity contribution is 5.66. The molecule has 20 heavy (non-hydrogen) atoms. The average Bonchev–Trinajstić information content (AvgIpc) is 2.48. The summed E-state index contributed by atoms with van der Waals surface area (Å²) >= 11 is 0. The van der Waals surface area contributed by atoms with Gasteiger partial charge in [-0.15, -0.1) is 0 Å². The van der Waals surface area contributed by atoms with Crippen LogP contribution in [0, 0.1) is 0 Å². The SMILES string of the molecule is CCOc1ncnc(NCc2ccccc2CC)c1N. The average molecular weight is 272 g/mol. The predicted octanol–water partition coefficient (Wildman–Crippen LogP) is 2.63. The summed E-state index contributed by atoms with van der Waals surface area (Å²) in [6.07, 6.45) is 2.46. The maximum Gasteiger partial charge on any atom is 0.242 e. The quantitative estimate of drug-likeness (QED) is 0.845. The van der Waals surface area contributed by atoms with Gasteiger partial charge in [-0.3, -0.25) is 0 Å². The van der Waals surface area contributed by atoms with E-state index in [1.807, 2.05) is 13.0 Å². The minimum Gasteiger partial charge on any atom is -0.476 e. The molecule has 0 saturated carbocycles. The number of hydrogen-bond donors (Lipinski definition) is 2. The van der Waals surface area contributed by atoms with Crippen molar-refractivity contribution >= 4 is 11.5 Å². The first-order chi connectivity index (χ1) is 9.76. The minimum absolute atomic E-state index is 0.425. The van der Waals surface area contributed by atoms with Gasteiger partial charge in [0.1, 0.15) is 12.0 Å². The molecule has 1 aromatic heterocycles. The summed E-state index contributed by atoms with van der Waals surface area (Å²) in [6.45, 7) is 5.24. The molecular weight excluding hydrogens is 252 g/mol. The Morgan fingerprint density at radius 2 is 1.90 bits per heavy atom. The smallest absolute Gasteiger partial charge is 0.242 e. The standard InChI is InChI=1S/C15H20N4O/c1-3-11-7-5-6-8-12(11)9-17-14-13(16)15(20-4-2)19-10-18-14/h5-8,10H,3-4,9,16H2,1-2H3,(H,17,18,19). The van der Waals surface area contributed by atoms with Gasteiger partial charge in [0.25, 0.3) is 0 Å². The second-order valence-corrected chi connectivity index (χ2v) is 4.35. The second kappa shape index (κ2) is 6.75. The number of aryl methyl sites for hydroxylation is 1. The fourth-order valence-electron chi connectivity index (χ4n) is 2.03. The number of ether oxygens (including phenoxy) is 1. The normalized spacial score (nSPS) is 10.3. The van der Waals surface area contributed by atoms with E-state index in [1.165, 1.54) is 17.5 Å². The molecule has 1 aromatic carbocycles. The summed E-state index contributed by atoms with van der Waals surface area (Å²) in [7, 11) is 0. The van der Waals surface area contributed by atoms with Gasteiger partial charge in [-0.2, -0.15) is 4.98 Å². The Hall–Kier alpha value is -2.30. The molecule has 0 radical (unpaired) electrons. The molecule has 1 heterocycles. The Balaban J connectivity index is 2.13. The fourth-order valence-corrected chi connectivity index (χ4v) is 2.03. The van der Waals surface area contributed by atoms with E-state index >= 15 is 0 Å². The third-order valence-electron chi connectivity index (χ3n) is 3.07. The lowest BCUT2D eigenvalue weighted by atomic mass is 10.1. The van der Waals surface area contributed by atoms with Crippen molar-refractivity contribution in [2.45, 2.75) is 26.8 Å². The van der Waals surface area contributed by atoms with Crippen LogP contribution < -0.4 is 15.8 Å². The highest BCUT2D eigenvalue weighted by atomic mass is 16.5. The molecule has 5 heteroatoms. The van der Waals surface area contributed by atoms with Crippen molar-refractivity contribution in [2.75, 3.05) is 17.7 Å². The molecule has 3 N–H and O–H groups in total. The molecule has 0 saturated heterocycles. The van der Waals surface area contributed by atoms with Gasteiger partial charge in [-0.1, -0.05) is 31.2 Å². The number of nitrogens with zero attached hydrogens (tertiary/aromatic N) is 2. The van der Waals surface area contributed by atoms with Crippen LogP contribution in [0.2, 0.25) is 0 Å². The topological polar surface area (TPSA) is 73.1 Å². The van der Waals surface area contributed by atoms with Crippen LogP contribution in [0.25, 0.3) is 0 Å². The van der Waals surface area contributed by atoms with Gasteiger partial charge in [0.2, 0.25) is 5.88 Å². The first-order valence-corrected chi connectivity index (χ1v) is 6.80. The molecule has 0 fully saturated rings. The zero-order chi connectivity index (χ0) is 14.4. The Morgan fingerprint density at radius 1 is 1.15 bits per heavy atom. The third kappa shape index (κ3) is 3.17. The van der Waals surface area contributed by atoms with Gasteiger partial charge in [0.05, 0.1) is 6.61 Å². The second-order valence-electron chi connectivity index (χ2n) is 4.35. The van der Waals surface area contributed by atoms with Crippen LogP contribution in [0.15, 0.2) is 30.6 Å². The van der Waals surface area contributed by atoms with Crippen LogP contribution in [-0.2, 0) is 13.0 Å². The van der Waals surface area contributed by atoms with Crippen molar-refractivity contribution in [3.05, 3.63) is 41.7 Å². The van der Waals surface area contributed by atoms with Crippen molar-refractivity contribution < 1.29 is 4.74 Å². The molecule has 0 amide bonds. The summed E-state index contributed by atoms with van der Waals surface area (Å²) in [6, 6.07) is 8.32. The first kappa shape index (κ1) is 14.1. The Morgan fingerprint density at radius 3 is 2.60 bits per heavy atom. The summed E-state index contributed by atoms with van der Waals surface area (Å²) in [5, 5.41) is 3.25. The van der Waals surface area contributed by atoms with Crippen molar-refractivity contribution in [3.63, 3.8) is 0 Å². The van der Waals surface area contributed by atoms with Crippen molar-refractivity contribution in [1.29, 1.82) is 0 Å². The minimum atomic E-state index is 0.425. The zero-order valence-electron chi connectivity index (χ0n) is 11.9. The van der Waals surface area contributed by atoms with Crippen LogP contribution >= 0.6 is 0 Å². The number of nitrogen functional groups attached to an aromatic ring is 1. The first-order valence-electron chi connectivity index (χ1n) is 6.80. The monoisotopic (exact) mass is 272 g/mol. The van der Waals surface area contributed by atoms with E-state index in [2.05, 4.69) is 40.4 Å². The molecular formula is C15H20N4O. The van der Waals surface area contributed by atoms with E-state index in [9.17, 15) is 0 Å². The number of nitrogens with one attached hydrogen (secondary N) is 1. The fraction of sp³-hybridized carbons (Fsp3) is 0.333. The number of benzene rings is 1. The third-order valence-corrected chi connectivity index (χ3v) is 3.07. The maximum absolute atomic E-state index is 5.99. The highest BCUT2D eigenvalue weighted by Crippen LogP contribution is 2.25. The summed E-state index contributed by atoms with van der Waals surface area (Å²) < 4.78 is 5.36. The van der Waals surface area contributed by atoms with Crippen molar-refractivity contribution in [2.24, 2.45) is 0 Å². The molecule has 0 bridgehead atoms. The summed E-state index contributed by atoms with van der Waals surface area (Å²) in [5.74, 6) is 1.03. The molecule has 0 unspecified atom stereocenters. The lowest BCUT2D eigenvalue weighted by molar-refractivity contribution is 0.328. The molecule has 0 spiro atoms. The maximum atomic E-state index is 5.99. The molecule has 0 aliphatic heterocycles. The van der Waals surface area contributed by atoms with E-state index in [-0.39, 0.29) is 0 Å². The number of rotatable bonds is 6. The van der Waals surface area contributed by atoms with E-state index in [0.29, 0.717) is 30.5 Å². The Labute approximate surface area is 119 Å². The lowest BCUT2D eigenvalue weighted by Crippen LogP contribution is -2.08. The van der Waals surface area contributed by atoms with Crippen LogP contribution in [0.4, 0.5) is 11.5 Å². The molecule has 2 rings (SSSR count). The molecule has 0 atom stereocenters. The lowest BCUT2D eigenvalue weighted by Gasteiger charge is -2.12. The molecule has 0 aliphatic carbocycles. The summed E-state index contributed by atoms with van der Waals surface area (Å²) in [4.78, 5) is 8.18. The largest absolute Gasteiger partial charge is 0.476 e. The van der Waals surface area contributed by atoms with Crippen LogP contribution in [-0.4, -0.2) is 16.6 Å². The molecule has 5 nitrogen and oxygen atoms in total. The van der Waals surface area contributed by atoms with Gasteiger partial charge in [0, 0.05) is 6.54 Å². The predicted molar refractivity (Wildman–Crippen MR) is 80.8 cm³/mol. The van der Waals surface area contributed by atoms with Crippen LogP contribution in [0.1, 0.15) is 25.0 Å². The van der Waals surface area contributed by atoms with Crippen molar-refractivity contribution in [3.8, 4) is 5.88 Å². The van der Waals surface area contributed by atoms with Crippen molar-refractivity contribution in [1.82, 2.24) is 9.97 Å². The Kier molecular flexibility index (Phi) is 4.76. The van der Waals surface area contributed by atoms with E-state index in [0.717, 1.165) is 6.42 Å². The van der Waals surface area contributed by atoms with E-state index in [4.69, 9.17) is 10.5 Å². The number of anilines is 2. The van der Waals surface area contributed by atoms with Gasteiger partial charge in [0.15, 0.2) is 5.82 Å². The van der Waals surface area contributed by atoms with Gasteiger partial charge >= 0.3 is 0 Å². The highest BCUT2D eigenvalue weighted by Gasteiger charge is 2.09.